The molecule has 1 aliphatic rings. The van der Waals surface area contributed by atoms with Crippen LogP contribution in [0.5, 0.6) is 0 Å². The van der Waals surface area contributed by atoms with Crippen LogP contribution >= 0.6 is 11.8 Å². The van der Waals surface area contributed by atoms with E-state index in [2.05, 4.69) is 25.1 Å². The highest BCUT2D eigenvalue weighted by molar-refractivity contribution is 8.00. The SMILES string of the molecule is Cc1ccc(SC2CCCCC2)cc1N. The third-order valence-electron chi connectivity index (χ3n) is 3.11. The van der Waals surface area contributed by atoms with E-state index in [9.17, 15) is 0 Å². The molecule has 2 heteroatoms. The van der Waals surface area contributed by atoms with Crippen molar-refractivity contribution >= 4 is 17.4 Å². The van der Waals surface area contributed by atoms with Crippen LogP contribution in [0.4, 0.5) is 5.69 Å². The van der Waals surface area contributed by atoms with Gasteiger partial charge < -0.3 is 5.73 Å². The summed E-state index contributed by atoms with van der Waals surface area (Å²) in [7, 11) is 0. The third kappa shape index (κ3) is 2.91. The molecule has 1 nitrogen and oxygen atoms in total. The molecule has 2 rings (SSSR count). The van der Waals surface area contributed by atoms with Crippen molar-refractivity contribution < 1.29 is 0 Å². The summed E-state index contributed by atoms with van der Waals surface area (Å²) in [6.07, 6.45) is 6.97. The normalized spacial score (nSPS) is 17.9. The molecule has 0 aliphatic heterocycles. The molecule has 0 bridgehead atoms. The number of hydrogen-bond donors (Lipinski definition) is 1. The molecule has 1 aromatic carbocycles. The Labute approximate surface area is 96.4 Å². The topological polar surface area (TPSA) is 26.0 Å². The second-order valence-electron chi connectivity index (χ2n) is 4.40. The van der Waals surface area contributed by atoms with Gasteiger partial charge in [-0.05, 0) is 37.5 Å². The summed E-state index contributed by atoms with van der Waals surface area (Å²) in [4.78, 5) is 1.34. The summed E-state index contributed by atoms with van der Waals surface area (Å²) in [5.74, 6) is 0. The highest BCUT2D eigenvalue weighted by Gasteiger charge is 2.14. The van der Waals surface area contributed by atoms with Crippen LogP contribution in [0, 0.1) is 6.92 Å². The van der Waals surface area contributed by atoms with Gasteiger partial charge in [0, 0.05) is 15.8 Å². The fourth-order valence-electron chi connectivity index (χ4n) is 2.07. The molecule has 2 N–H and O–H groups in total. The van der Waals surface area contributed by atoms with E-state index in [0.717, 1.165) is 10.9 Å². The first-order chi connectivity index (χ1) is 7.25. The summed E-state index contributed by atoms with van der Waals surface area (Å²) < 4.78 is 0. The number of benzene rings is 1. The molecule has 82 valence electrons. The molecule has 0 amide bonds. The van der Waals surface area contributed by atoms with Crippen molar-refractivity contribution in [3.05, 3.63) is 23.8 Å². The molecular formula is C13H19NS. The molecule has 0 aromatic heterocycles. The highest BCUT2D eigenvalue weighted by atomic mass is 32.2. The Morgan fingerprint density at radius 1 is 1.20 bits per heavy atom. The van der Waals surface area contributed by atoms with Crippen LogP contribution < -0.4 is 5.73 Å². The first-order valence-corrected chi connectivity index (χ1v) is 6.66. The van der Waals surface area contributed by atoms with Gasteiger partial charge in [-0.25, -0.2) is 0 Å². The van der Waals surface area contributed by atoms with E-state index >= 15 is 0 Å². The predicted molar refractivity (Wildman–Crippen MR) is 68.3 cm³/mol. The van der Waals surface area contributed by atoms with Gasteiger partial charge in [0.15, 0.2) is 0 Å². The van der Waals surface area contributed by atoms with E-state index in [-0.39, 0.29) is 0 Å². The van der Waals surface area contributed by atoms with Crippen molar-refractivity contribution in [1.29, 1.82) is 0 Å². The van der Waals surface area contributed by atoms with E-state index < -0.39 is 0 Å². The first kappa shape index (κ1) is 10.9. The average Bonchev–Trinajstić information content (AvgIpc) is 2.25. The maximum absolute atomic E-state index is 5.91. The summed E-state index contributed by atoms with van der Waals surface area (Å²) in [5, 5.41) is 0.820. The molecule has 0 radical (unpaired) electrons. The van der Waals surface area contributed by atoms with Gasteiger partial charge >= 0.3 is 0 Å². The molecule has 0 unspecified atom stereocenters. The number of rotatable bonds is 2. The number of hydrogen-bond acceptors (Lipinski definition) is 2. The molecular weight excluding hydrogens is 202 g/mol. The van der Waals surface area contributed by atoms with Gasteiger partial charge in [-0.1, -0.05) is 25.3 Å². The molecule has 1 saturated carbocycles. The van der Waals surface area contributed by atoms with Crippen molar-refractivity contribution in [1.82, 2.24) is 0 Å². The molecule has 1 aliphatic carbocycles. The Kier molecular flexibility index (Phi) is 3.57. The number of aryl methyl sites for hydroxylation is 1. The van der Waals surface area contributed by atoms with Gasteiger partial charge in [0.2, 0.25) is 0 Å². The van der Waals surface area contributed by atoms with Crippen LogP contribution in [0.1, 0.15) is 37.7 Å². The zero-order chi connectivity index (χ0) is 10.7. The second-order valence-corrected chi connectivity index (χ2v) is 5.77. The molecule has 1 fully saturated rings. The Morgan fingerprint density at radius 2 is 1.93 bits per heavy atom. The van der Waals surface area contributed by atoms with Crippen LogP contribution in [0.3, 0.4) is 0 Å². The standard InChI is InChI=1S/C13H19NS/c1-10-7-8-12(9-13(10)14)15-11-5-3-2-4-6-11/h7-9,11H,2-6,14H2,1H3. The van der Waals surface area contributed by atoms with Crippen molar-refractivity contribution in [3.8, 4) is 0 Å². The number of nitrogens with two attached hydrogens (primary N) is 1. The molecule has 0 atom stereocenters. The van der Waals surface area contributed by atoms with Gasteiger partial charge in [0.25, 0.3) is 0 Å². The number of anilines is 1. The predicted octanol–water partition coefficient (Wildman–Crippen LogP) is 4.00. The maximum atomic E-state index is 5.91. The molecule has 1 aromatic rings. The minimum absolute atomic E-state index is 0.820. The van der Waals surface area contributed by atoms with E-state index in [1.807, 2.05) is 11.8 Å². The maximum Gasteiger partial charge on any atom is 0.0354 e. The fraction of sp³-hybridized carbons (Fsp3) is 0.538. The molecule has 0 spiro atoms. The lowest BCUT2D eigenvalue weighted by molar-refractivity contribution is 0.516. The molecule has 0 saturated heterocycles. The highest BCUT2D eigenvalue weighted by Crippen LogP contribution is 2.34. The Morgan fingerprint density at radius 3 is 2.60 bits per heavy atom. The van der Waals surface area contributed by atoms with Gasteiger partial charge in [-0.15, -0.1) is 11.8 Å². The fourth-order valence-corrected chi connectivity index (χ4v) is 3.36. The molecule has 15 heavy (non-hydrogen) atoms. The first-order valence-electron chi connectivity index (χ1n) is 5.78. The van der Waals surface area contributed by atoms with E-state index in [1.54, 1.807) is 0 Å². The van der Waals surface area contributed by atoms with Crippen LogP contribution in [0.25, 0.3) is 0 Å². The summed E-state index contributed by atoms with van der Waals surface area (Å²) in [5.41, 5.74) is 8.02. The van der Waals surface area contributed by atoms with Crippen molar-refractivity contribution in [2.24, 2.45) is 0 Å². The minimum atomic E-state index is 0.820. The second kappa shape index (κ2) is 4.93. The van der Waals surface area contributed by atoms with Crippen molar-refractivity contribution in [3.63, 3.8) is 0 Å². The Bertz CT molecular complexity index is 329. The van der Waals surface area contributed by atoms with E-state index in [1.165, 1.54) is 42.6 Å². The van der Waals surface area contributed by atoms with Gasteiger partial charge in [-0.3, -0.25) is 0 Å². The Balaban J connectivity index is 2.00. The zero-order valence-corrected chi connectivity index (χ0v) is 10.1. The summed E-state index contributed by atoms with van der Waals surface area (Å²) in [6, 6.07) is 6.44. The Hall–Kier alpha value is -0.630. The summed E-state index contributed by atoms with van der Waals surface area (Å²) >= 11 is 2.01. The summed E-state index contributed by atoms with van der Waals surface area (Å²) in [6.45, 7) is 2.06. The largest absolute Gasteiger partial charge is 0.398 e. The van der Waals surface area contributed by atoms with Gasteiger partial charge in [0.1, 0.15) is 0 Å². The van der Waals surface area contributed by atoms with Crippen LogP contribution in [-0.4, -0.2) is 5.25 Å². The molecule has 0 heterocycles. The van der Waals surface area contributed by atoms with E-state index in [4.69, 9.17) is 5.73 Å². The van der Waals surface area contributed by atoms with E-state index in [0.29, 0.717) is 0 Å². The smallest absolute Gasteiger partial charge is 0.0354 e. The average molecular weight is 221 g/mol. The van der Waals surface area contributed by atoms with Crippen LogP contribution in [-0.2, 0) is 0 Å². The zero-order valence-electron chi connectivity index (χ0n) is 9.33. The van der Waals surface area contributed by atoms with Crippen LogP contribution in [0.2, 0.25) is 0 Å². The van der Waals surface area contributed by atoms with Crippen LogP contribution in [0.15, 0.2) is 23.1 Å². The lowest BCUT2D eigenvalue weighted by Crippen LogP contribution is -2.07. The van der Waals surface area contributed by atoms with Gasteiger partial charge in [0.05, 0.1) is 0 Å². The minimum Gasteiger partial charge on any atom is -0.398 e. The quantitative estimate of drug-likeness (QED) is 0.764. The third-order valence-corrected chi connectivity index (χ3v) is 4.44. The monoisotopic (exact) mass is 221 g/mol. The lowest BCUT2D eigenvalue weighted by atomic mass is 10.0. The number of nitrogen functional groups attached to an aromatic ring is 1. The lowest BCUT2D eigenvalue weighted by Gasteiger charge is -2.21. The van der Waals surface area contributed by atoms with Crippen molar-refractivity contribution in [2.45, 2.75) is 49.2 Å². The van der Waals surface area contributed by atoms with Gasteiger partial charge in [-0.2, -0.15) is 0 Å². The number of thioether (sulfide) groups is 1. The van der Waals surface area contributed by atoms with Crippen molar-refractivity contribution in [2.75, 3.05) is 5.73 Å².